The molecule has 86 valence electrons. The quantitative estimate of drug-likeness (QED) is 0.822. The monoisotopic (exact) mass is 222 g/mol. The molecule has 1 amide bonds. The zero-order chi connectivity index (χ0) is 11.6. The lowest BCUT2D eigenvalue weighted by Crippen LogP contribution is -2.48. The van der Waals surface area contributed by atoms with Crippen molar-refractivity contribution in [2.24, 2.45) is 5.73 Å². The summed E-state index contributed by atoms with van der Waals surface area (Å²) in [4.78, 5) is 11.5. The van der Waals surface area contributed by atoms with E-state index in [2.05, 4.69) is 5.32 Å². The Balaban J connectivity index is 2.21. The van der Waals surface area contributed by atoms with Gasteiger partial charge in [0.05, 0.1) is 0 Å². The maximum Gasteiger partial charge on any atom is 0.243 e. The van der Waals surface area contributed by atoms with E-state index in [1.54, 1.807) is 12.1 Å². The van der Waals surface area contributed by atoms with Crippen LogP contribution in [0.4, 0.5) is 10.1 Å². The number of anilines is 1. The second-order valence-corrected chi connectivity index (χ2v) is 4.29. The van der Waals surface area contributed by atoms with Gasteiger partial charge in [0.15, 0.2) is 0 Å². The predicted molar refractivity (Wildman–Crippen MR) is 60.4 cm³/mol. The lowest BCUT2D eigenvalue weighted by Gasteiger charge is -2.27. The van der Waals surface area contributed by atoms with Crippen LogP contribution in [0, 0.1) is 5.82 Å². The number of nitrogens with two attached hydrogens (primary N) is 1. The average molecular weight is 222 g/mol. The van der Waals surface area contributed by atoms with Gasteiger partial charge in [-0.3, -0.25) is 4.79 Å². The molecule has 0 unspecified atom stereocenters. The van der Waals surface area contributed by atoms with Gasteiger partial charge in [0, 0.05) is 5.69 Å². The van der Waals surface area contributed by atoms with E-state index in [1.807, 2.05) is 0 Å². The van der Waals surface area contributed by atoms with Crippen LogP contribution in [-0.2, 0) is 4.79 Å². The van der Waals surface area contributed by atoms with E-state index in [0.29, 0.717) is 5.69 Å². The summed E-state index contributed by atoms with van der Waals surface area (Å²) in [5, 5.41) is 3.08. The van der Waals surface area contributed by atoms with E-state index in [9.17, 15) is 9.18 Å². The maximum absolute atomic E-state index is 13.0. The van der Waals surface area contributed by atoms with Crippen molar-refractivity contribution in [2.75, 3.05) is 5.32 Å². The summed E-state index contributed by atoms with van der Waals surface area (Å²) < 4.78 is 13.0. The SMILES string of the molecule is NC(=O)C1(Nc2cccc(F)c2)CCCC1. The fraction of sp³-hybridized carbons (Fsp3) is 0.417. The summed E-state index contributed by atoms with van der Waals surface area (Å²) in [7, 11) is 0. The van der Waals surface area contributed by atoms with Crippen LogP contribution in [0.1, 0.15) is 25.7 Å². The minimum atomic E-state index is -0.687. The van der Waals surface area contributed by atoms with E-state index in [1.165, 1.54) is 12.1 Å². The Labute approximate surface area is 93.8 Å². The first-order valence-electron chi connectivity index (χ1n) is 5.46. The molecule has 0 aliphatic heterocycles. The van der Waals surface area contributed by atoms with Gasteiger partial charge in [0.2, 0.25) is 5.91 Å². The lowest BCUT2D eigenvalue weighted by molar-refractivity contribution is -0.122. The molecule has 1 aliphatic carbocycles. The first-order chi connectivity index (χ1) is 7.62. The van der Waals surface area contributed by atoms with Crippen molar-refractivity contribution in [2.45, 2.75) is 31.2 Å². The van der Waals surface area contributed by atoms with Crippen molar-refractivity contribution >= 4 is 11.6 Å². The third-order valence-electron chi connectivity index (χ3n) is 3.14. The molecule has 3 N–H and O–H groups in total. The Morgan fingerprint density at radius 3 is 2.62 bits per heavy atom. The minimum absolute atomic E-state index is 0.317. The third-order valence-corrected chi connectivity index (χ3v) is 3.14. The molecule has 0 aromatic heterocycles. The topological polar surface area (TPSA) is 55.1 Å². The van der Waals surface area contributed by atoms with Crippen LogP contribution >= 0.6 is 0 Å². The van der Waals surface area contributed by atoms with Gasteiger partial charge in [-0.2, -0.15) is 0 Å². The molecule has 1 fully saturated rings. The standard InChI is InChI=1S/C12H15FN2O/c13-9-4-3-5-10(8-9)15-12(11(14)16)6-1-2-7-12/h3-5,8,15H,1-2,6-7H2,(H2,14,16). The van der Waals surface area contributed by atoms with E-state index in [0.717, 1.165) is 25.7 Å². The lowest BCUT2D eigenvalue weighted by atomic mass is 9.96. The fourth-order valence-corrected chi connectivity index (χ4v) is 2.25. The van der Waals surface area contributed by atoms with E-state index >= 15 is 0 Å². The highest BCUT2D eigenvalue weighted by Gasteiger charge is 2.39. The molecule has 0 spiro atoms. The zero-order valence-electron chi connectivity index (χ0n) is 9.00. The largest absolute Gasteiger partial charge is 0.371 e. The van der Waals surface area contributed by atoms with Gasteiger partial charge >= 0.3 is 0 Å². The summed E-state index contributed by atoms with van der Waals surface area (Å²) in [5.41, 5.74) is 5.35. The summed E-state index contributed by atoms with van der Waals surface area (Å²) in [5.74, 6) is -0.670. The number of carbonyl (C=O) groups is 1. The molecule has 1 saturated carbocycles. The fourth-order valence-electron chi connectivity index (χ4n) is 2.25. The van der Waals surface area contributed by atoms with Gasteiger partial charge in [-0.1, -0.05) is 18.9 Å². The smallest absolute Gasteiger partial charge is 0.243 e. The molecule has 0 atom stereocenters. The van der Waals surface area contributed by atoms with Crippen molar-refractivity contribution in [1.82, 2.24) is 0 Å². The summed E-state index contributed by atoms with van der Waals surface area (Å²) >= 11 is 0. The Morgan fingerprint density at radius 1 is 1.38 bits per heavy atom. The van der Waals surface area contributed by atoms with Crippen LogP contribution in [0.2, 0.25) is 0 Å². The first-order valence-corrected chi connectivity index (χ1v) is 5.46. The minimum Gasteiger partial charge on any atom is -0.371 e. The molecular formula is C12H15FN2O. The number of nitrogens with one attached hydrogen (secondary N) is 1. The molecule has 4 heteroatoms. The highest BCUT2D eigenvalue weighted by Crippen LogP contribution is 2.32. The van der Waals surface area contributed by atoms with Crippen molar-refractivity contribution in [1.29, 1.82) is 0 Å². The Bertz CT molecular complexity index is 400. The number of amides is 1. The van der Waals surface area contributed by atoms with Crippen molar-refractivity contribution in [3.05, 3.63) is 30.1 Å². The van der Waals surface area contributed by atoms with E-state index < -0.39 is 5.54 Å². The number of benzene rings is 1. The first kappa shape index (κ1) is 10.9. The van der Waals surface area contributed by atoms with Crippen molar-refractivity contribution in [3.8, 4) is 0 Å². The van der Waals surface area contributed by atoms with Crippen LogP contribution in [0.15, 0.2) is 24.3 Å². The van der Waals surface area contributed by atoms with E-state index in [-0.39, 0.29) is 11.7 Å². The summed E-state index contributed by atoms with van der Waals surface area (Å²) in [6.45, 7) is 0. The molecule has 1 aromatic carbocycles. The van der Waals surface area contributed by atoms with Gasteiger partial charge in [0.25, 0.3) is 0 Å². The average Bonchev–Trinajstić information content (AvgIpc) is 2.67. The third kappa shape index (κ3) is 2.01. The van der Waals surface area contributed by atoms with Gasteiger partial charge in [-0.05, 0) is 31.0 Å². The molecular weight excluding hydrogens is 207 g/mol. The number of hydrogen-bond donors (Lipinski definition) is 2. The van der Waals surface area contributed by atoms with Gasteiger partial charge in [-0.25, -0.2) is 4.39 Å². The molecule has 3 nitrogen and oxygen atoms in total. The Kier molecular flexibility index (Phi) is 2.81. The van der Waals surface area contributed by atoms with Crippen LogP contribution in [0.25, 0.3) is 0 Å². The summed E-state index contributed by atoms with van der Waals surface area (Å²) in [6.07, 6.45) is 3.40. The molecule has 0 radical (unpaired) electrons. The zero-order valence-corrected chi connectivity index (χ0v) is 9.00. The molecule has 1 aromatic rings. The molecule has 1 aliphatic rings. The molecule has 2 rings (SSSR count). The van der Waals surface area contributed by atoms with Crippen LogP contribution in [0.5, 0.6) is 0 Å². The second kappa shape index (κ2) is 4.12. The number of hydrogen-bond acceptors (Lipinski definition) is 2. The highest BCUT2D eigenvalue weighted by atomic mass is 19.1. The number of halogens is 1. The number of primary amides is 1. The number of carbonyl (C=O) groups excluding carboxylic acids is 1. The molecule has 0 heterocycles. The van der Waals surface area contributed by atoms with Crippen molar-refractivity contribution in [3.63, 3.8) is 0 Å². The van der Waals surface area contributed by atoms with Gasteiger partial charge < -0.3 is 11.1 Å². The summed E-state index contributed by atoms with van der Waals surface area (Å²) in [6, 6.07) is 6.10. The van der Waals surface area contributed by atoms with E-state index in [4.69, 9.17) is 5.73 Å². The Hall–Kier alpha value is -1.58. The molecule has 0 bridgehead atoms. The molecule has 0 saturated heterocycles. The second-order valence-electron chi connectivity index (χ2n) is 4.29. The highest BCUT2D eigenvalue weighted by molar-refractivity contribution is 5.88. The normalized spacial score (nSPS) is 18.3. The number of rotatable bonds is 3. The maximum atomic E-state index is 13.0. The molecule has 16 heavy (non-hydrogen) atoms. The van der Waals surface area contributed by atoms with Crippen LogP contribution in [0.3, 0.4) is 0 Å². The van der Waals surface area contributed by atoms with Crippen LogP contribution < -0.4 is 11.1 Å². The Morgan fingerprint density at radius 2 is 2.06 bits per heavy atom. The van der Waals surface area contributed by atoms with Crippen molar-refractivity contribution < 1.29 is 9.18 Å². The predicted octanol–water partition coefficient (Wildman–Crippen LogP) is 2.04. The van der Waals surface area contributed by atoms with Crippen LogP contribution in [-0.4, -0.2) is 11.4 Å². The van der Waals surface area contributed by atoms with Gasteiger partial charge in [0.1, 0.15) is 11.4 Å². The van der Waals surface area contributed by atoms with Gasteiger partial charge in [-0.15, -0.1) is 0 Å².